The van der Waals surface area contributed by atoms with Crippen LogP contribution in [0.1, 0.15) is 13.8 Å². The lowest BCUT2D eigenvalue weighted by Gasteiger charge is -2.21. The number of amides is 1. The van der Waals surface area contributed by atoms with Gasteiger partial charge in [0.1, 0.15) is 13.3 Å². The topological polar surface area (TPSA) is 55.8 Å². The molecular weight excluding hydrogens is 162 g/mol. The first-order valence-electron chi connectivity index (χ1n) is 3.65. The third-order valence-electron chi connectivity index (χ3n) is 1.55. The van der Waals surface area contributed by atoms with E-state index in [0.29, 0.717) is 0 Å². The minimum Gasteiger partial charge on any atom is -0.442 e. The molecule has 0 spiro atoms. The Morgan fingerprint density at radius 1 is 1.75 bits per heavy atom. The van der Waals surface area contributed by atoms with Gasteiger partial charge in [-0.15, -0.1) is 0 Å². The Labute approximate surface area is 70.2 Å². The smallest absolute Gasteiger partial charge is 0.304 e. The molecule has 5 nitrogen and oxygen atoms in total. The van der Waals surface area contributed by atoms with Crippen LogP contribution in [0.15, 0.2) is 0 Å². The SMILES string of the molecule is CC(=O)OC(C)N1COCC1=O. The maximum absolute atomic E-state index is 11.0. The number of esters is 1. The molecule has 5 heteroatoms. The van der Waals surface area contributed by atoms with Crippen molar-refractivity contribution in [2.24, 2.45) is 0 Å². The van der Waals surface area contributed by atoms with Crippen LogP contribution in [0.3, 0.4) is 0 Å². The first kappa shape index (κ1) is 8.99. The molecule has 0 saturated carbocycles. The van der Waals surface area contributed by atoms with Gasteiger partial charge in [-0.05, 0) is 6.92 Å². The summed E-state index contributed by atoms with van der Waals surface area (Å²) < 4.78 is 9.65. The summed E-state index contributed by atoms with van der Waals surface area (Å²) in [5.41, 5.74) is 0. The van der Waals surface area contributed by atoms with E-state index < -0.39 is 12.2 Å². The third kappa shape index (κ3) is 1.94. The van der Waals surface area contributed by atoms with E-state index in [4.69, 9.17) is 9.47 Å². The van der Waals surface area contributed by atoms with Crippen LogP contribution in [-0.4, -0.2) is 36.3 Å². The van der Waals surface area contributed by atoms with E-state index in [9.17, 15) is 9.59 Å². The van der Waals surface area contributed by atoms with Crippen LogP contribution in [0.2, 0.25) is 0 Å². The molecule has 1 atom stereocenters. The van der Waals surface area contributed by atoms with E-state index in [2.05, 4.69) is 0 Å². The highest BCUT2D eigenvalue weighted by atomic mass is 16.6. The van der Waals surface area contributed by atoms with Crippen LogP contribution in [-0.2, 0) is 19.1 Å². The predicted octanol–water partition coefficient (Wildman–Crippen LogP) is -0.288. The second-order valence-corrected chi connectivity index (χ2v) is 2.55. The zero-order valence-corrected chi connectivity index (χ0v) is 7.07. The van der Waals surface area contributed by atoms with Crippen molar-refractivity contribution in [3.63, 3.8) is 0 Å². The monoisotopic (exact) mass is 173 g/mol. The van der Waals surface area contributed by atoms with E-state index >= 15 is 0 Å². The van der Waals surface area contributed by atoms with Crippen molar-refractivity contribution in [3.05, 3.63) is 0 Å². The Morgan fingerprint density at radius 2 is 2.42 bits per heavy atom. The maximum atomic E-state index is 11.0. The van der Waals surface area contributed by atoms with Gasteiger partial charge in [0.15, 0.2) is 6.23 Å². The van der Waals surface area contributed by atoms with Gasteiger partial charge in [0, 0.05) is 6.92 Å². The summed E-state index contributed by atoms with van der Waals surface area (Å²) in [5, 5.41) is 0. The average Bonchev–Trinajstić information content (AvgIpc) is 2.33. The molecule has 0 aromatic carbocycles. The molecule has 0 aromatic heterocycles. The van der Waals surface area contributed by atoms with Gasteiger partial charge in [-0.25, -0.2) is 0 Å². The summed E-state index contributed by atoms with van der Waals surface area (Å²) in [5.74, 6) is -0.550. The fourth-order valence-corrected chi connectivity index (χ4v) is 0.998. The minimum absolute atomic E-state index is 0.0750. The summed E-state index contributed by atoms with van der Waals surface area (Å²) in [4.78, 5) is 22.9. The zero-order valence-electron chi connectivity index (χ0n) is 7.07. The fourth-order valence-electron chi connectivity index (χ4n) is 0.998. The quantitative estimate of drug-likeness (QED) is 0.538. The number of hydrogen-bond donors (Lipinski definition) is 0. The lowest BCUT2D eigenvalue weighted by Crippen LogP contribution is -2.37. The molecule has 0 aromatic rings. The molecule has 1 unspecified atom stereocenters. The lowest BCUT2D eigenvalue weighted by atomic mass is 10.5. The summed E-state index contributed by atoms with van der Waals surface area (Å²) in [7, 11) is 0. The van der Waals surface area contributed by atoms with E-state index in [-0.39, 0.29) is 19.2 Å². The van der Waals surface area contributed by atoms with Crippen molar-refractivity contribution in [3.8, 4) is 0 Å². The number of carbonyl (C=O) groups is 2. The standard InChI is InChI=1S/C7H11NO4/c1-5(12-6(2)9)8-4-11-3-7(8)10/h5H,3-4H2,1-2H3. The maximum Gasteiger partial charge on any atom is 0.304 e. The van der Waals surface area contributed by atoms with Gasteiger partial charge in [-0.3, -0.25) is 14.5 Å². The van der Waals surface area contributed by atoms with Crippen LogP contribution in [0, 0.1) is 0 Å². The van der Waals surface area contributed by atoms with Crippen molar-refractivity contribution in [2.45, 2.75) is 20.1 Å². The molecule has 0 radical (unpaired) electrons. The van der Waals surface area contributed by atoms with Crippen LogP contribution in [0.4, 0.5) is 0 Å². The largest absolute Gasteiger partial charge is 0.442 e. The third-order valence-corrected chi connectivity index (χ3v) is 1.55. The molecule has 0 N–H and O–H groups in total. The first-order valence-corrected chi connectivity index (χ1v) is 3.65. The van der Waals surface area contributed by atoms with E-state index in [1.165, 1.54) is 11.8 Å². The molecular formula is C7H11NO4. The average molecular weight is 173 g/mol. The first-order chi connectivity index (χ1) is 5.61. The molecule has 0 bridgehead atoms. The van der Waals surface area contributed by atoms with Crippen LogP contribution >= 0.6 is 0 Å². The summed E-state index contributed by atoms with van der Waals surface area (Å²) in [6.45, 7) is 3.21. The number of ether oxygens (including phenoxy) is 2. The number of rotatable bonds is 2. The van der Waals surface area contributed by atoms with Crippen molar-refractivity contribution in [1.29, 1.82) is 0 Å². The van der Waals surface area contributed by atoms with Gasteiger partial charge in [0.2, 0.25) is 0 Å². The van der Waals surface area contributed by atoms with E-state index in [1.807, 2.05) is 0 Å². The minimum atomic E-state index is -0.530. The van der Waals surface area contributed by atoms with Crippen molar-refractivity contribution < 1.29 is 19.1 Å². The number of carbonyl (C=O) groups excluding carboxylic acids is 2. The molecule has 12 heavy (non-hydrogen) atoms. The fraction of sp³-hybridized carbons (Fsp3) is 0.714. The second kappa shape index (κ2) is 3.53. The Balaban J connectivity index is 2.45. The predicted molar refractivity (Wildman–Crippen MR) is 38.9 cm³/mol. The summed E-state index contributed by atoms with van der Waals surface area (Å²) in [6.07, 6.45) is -0.530. The van der Waals surface area contributed by atoms with E-state index in [0.717, 1.165) is 0 Å². The molecule has 0 aliphatic carbocycles. The highest BCUT2D eigenvalue weighted by Gasteiger charge is 2.27. The normalized spacial score (nSPS) is 19.5. The summed E-state index contributed by atoms with van der Waals surface area (Å²) >= 11 is 0. The highest BCUT2D eigenvalue weighted by molar-refractivity contribution is 5.79. The van der Waals surface area contributed by atoms with Gasteiger partial charge < -0.3 is 9.47 Å². The molecule has 1 amide bonds. The van der Waals surface area contributed by atoms with Crippen LogP contribution < -0.4 is 0 Å². The van der Waals surface area contributed by atoms with Gasteiger partial charge in [-0.1, -0.05) is 0 Å². The Hall–Kier alpha value is -1.10. The van der Waals surface area contributed by atoms with Crippen molar-refractivity contribution >= 4 is 11.9 Å². The van der Waals surface area contributed by atoms with E-state index in [1.54, 1.807) is 6.92 Å². The van der Waals surface area contributed by atoms with Crippen LogP contribution in [0.5, 0.6) is 0 Å². The highest BCUT2D eigenvalue weighted by Crippen LogP contribution is 2.07. The lowest BCUT2D eigenvalue weighted by molar-refractivity contribution is -0.159. The number of nitrogens with zero attached hydrogens (tertiary/aromatic N) is 1. The molecule has 1 saturated heterocycles. The summed E-state index contributed by atoms with van der Waals surface area (Å²) in [6, 6.07) is 0. The molecule has 1 heterocycles. The number of hydrogen-bond acceptors (Lipinski definition) is 4. The van der Waals surface area contributed by atoms with Gasteiger partial charge >= 0.3 is 5.97 Å². The van der Waals surface area contributed by atoms with Gasteiger partial charge in [0.05, 0.1) is 0 Å². The molecule has 1 rings (SSSR count). The Kier molecular flexibility index (Phi) is 2.65. The Morgan fingerprint density at radius 3 is 2.83 bits per heavy atom. The molecule has 1 aliphatic heterocycles. The molecule has 1 fully saturated rings. The zero-order chi connectivity index (χ0) is 9.14. The molecule has 68 valence electrons. The Bertz CT molecular complexity index is 204. The molecule has 1 aliphatic rings. The second-order valence-electron chi connectivity index (χ2n) is 2.55. The van der Waals surface area contributed by atoms with Crippen molar-refractivity contribution in [2.75, 3.05) is 13.3 Å². The van der Waals surface area contributed by atoms with Crippen molar-refractivity contribution in [1.82, 2.24) is 4.90 Å². The van der Waals surface area contributed by atoms with Gasteiger partial charge in [-0.2, -0.15) is 0 Å². The van der Waals surface area contributed by atoms with Gasteiger partial charge in [0.25, 0.3) is 5.91 Å². The van der Waals surface area contributed by atoms with Crippen LogP contribution in [0.25, 0.3) is 0 Å².